The molecule has 3 N–H and O–H groups in total. The highest BCUT2D eigenvalue weighted by atomic mass is 35.5. The minimum absolute atomic E-state index is 0.0472. The molecular weight excluding hydrogens is 450 g/mol. The van der Waals surface area contributed by atoms with E-state index in [0.717, 1.165) is 0 Å². The van der Waals surface area contributed by atoms with Crippen molar-refractivity contribution in [2.24, 2.45) is 0 Å². The lowest BCUT2D eigenvalue weighted by atomic mass is 10.1. The van der Waals surface area contributed by atoms with E-state index in [1.54, 1.807) is 17.1 Å². The average molecular weight is 467 g/mol. The molecule has 14 heteroatoms. The zero-order valence-electron chi connectivity index (χ0n) is 16.7. The number of para-hydroxylation sites is 1. The highest BCUT2D eigenvalue weighted by Crippen LogP contribution is 2.55. The molecule has 0 bridgehead atoms. The Morgan fingerprint density at radius 3 is 2.93 bits per heavy atom. The molecule has 3 heterocycles. The Hall–Kier alpha value is -2.05. The second kappa shape index (κ2) is 7.57. The van der Waals surface area contributed by atoms with Gasteiger partial charge in [-0.3, -0.25) is 23.4 Å². The van der Waals surface area contributed by atoms with Crippen LogP contribution in [-0.4, -0.2) is 44.4 Å². The number of fused-ring (bicyclic) bond motifs is 1. The number of ether oxygens (including phenoxy) is 1. The average Bonchev–Trinajstić information content (AvgIpc) is 2.95. The number of halogens is 2. The number of aliphatic hydroxyl groups is 2. The summed E-state index contributed by atoms with van der Waals surface area (Å²) in [4.78, 5) is 25.2. The van der Waals surface area contributed by atoms with Crippen LogP contribution >= 0.6 is 19.4 Å². The van der Waals surface area contributed by atoms with Crippen LogP contribution in [-0.2, 0) is 25.0 Å². The van der Waals surface area contributed by atoms with Crippen LogP contribution in [0.4, 0.5) is 4.39 Å². The zero-order valence-corrected chi connectivity index (χ0v) is 16.4. The summed E-state index contributed by atoms with van der Waals surface area (Å²) < 4.78 is 64.3. The summed E-state index contributed by atoms with van der Waals surface area (Å²) >= 11 is 5.63. The van der Waals surface area contributed by atoms with Gasteiger partial charge in [-0.15, -0.1) is 0 Å². The van der Waals surface area contributed by atoms with Crippen molar-refractivity contribution in [3.63, 3.8) is 0 Å². The molecule has 30 heavy (non-hydrogen) atoms. The van der Waals surface area contributed by atoms with Gasteiger partial charge in [0, 0.05) is 11.8 Å². The number of hydrogen-bond acceptors (Lipinski definition) is 9. The molecule has 0 radical (unpaired) electrons. The maximum Gasteiger partial charge on any atom is 0.530 e. The quantitative estimate of drug-likeness (QED) is 0.557. The number of hydrogen-bond donors (Lipinski definition) is 3. The van der Waals surface area contributed by atoms with E-state index >= 15 is 4.39 Å². The van der Waals surface area contributed by atoms with Gasteiger partial charge in [0.2, 0.25) is 0 Å². The van der Waals surface area contributed by atoms with E-state index in [9.17, 15) is 24.4 Å². The van der Waals surface area contributed by atoms with Gasteiger partial charge in [-0.05, 0) is 6.07 Å². The molecule has 5 atom stereocenters. The third-order valence-corrected chi connectivity index (χ3v) is 5.79. The molecule has 2 aromatic rings. The molecule has 2 aliphatic rings. The van der Waals surface area contributed by atoms with Gasteiger partial charge in [0.05, 0.1) is 9.35 Å². The molecule has 2 aliphatic heterocycles. The largest absolute Gasteiger partial charge is 0.530 e. The van der Waals surface area contributed by atoms with E-state index in [1.165, 1.54) is 12.1 Å². The number of aromatic amines is 1. The number of aliphatic hydroxyl groups excluding tert-OH is 2. The van der Waals surface area contributed by atoms with Crippen LogP contribution in [0.5, 0.6) is 5.75 Å². The van der Waals surface area contributed by atoms with Crippen LogP contribution in [0, 0.1) is 0 Å². The number of nitrogens with one attached hydrogen (secondary N) is 1. The van der Waals surface area contributed by atoms with E-state index in [-0.39, 0.29) is 12.4 Å². The molecule has 1 fully saturated rings. The Morgan fingerprint density at radius 1 is 1.43 bits per heavy atom. The monoisotopic (exact) mass is 466 g/mol. The summed E-state index contributed by atoms with van der Waals surface area (Å²) in [6, 6.07) is 6.18. The fourth-order valence-corrected chi connectivity index (χ4v) is 4.06. The number of phosphoric ester groups is 1. The Balaban J connectivity index is 1.63. The van der Waals surface area contributed by atoms with Crippen LogP contribution in [0.2, 0.25) is 5.02 Å². The lowest BCUT2D eigenvalue weighted by Crippen LogP contribution is -2.43. The molecule has 11 nitrogen and oxygen atoms in total. The fraction of sp³-hybridized carbons (Fsp3) is 0.375. The summed E-state index contributed by atoms with van der Waals surface area (Å²) in [5, 5.41) is 19.9. The number of alkyl halides is 1. The highest BCUT2D eigenvalue weighted by Gasteiger charge is 2.57. The standard InChI is InChI=1S/C16H15ClFN2O9P/c17-9-5-20(15(24)19-13(9)23)14-11(21)12(22)16(18,28-14)7-27-30(25)26-6-8-3-1-2-4-10(8)29-30/h1-5,11-12,14,21-22H,6-7H2,(H,19,23,24)/t11-,12+,14-,16-,30?/m1/s1/i7D2. The van der Waals surface area contributed by atoms with Crippen molar-refractivity contribution in [1.29, 1.82) is 0 Å². The van der Waals surface area contributed by atoms with Crippen molar-refractivity contribution in [2.45, 2.75) is 30.9 Å². The summed E-state index contributed by atoms with van der Waals surface area (Å²) in [7, 11) is -4.75. The Bertz CT molecular complexity index is 1230. The first-order chi connectivity index (χ1) is 14.9. The summed E-state index contributed by atoms with van der Waals surface area (Å²) in [6.45, 7) is -4.03. The molecule has 0 amide bonds. The SMILES string of the molecule is [2H]C([2H])(OP1(=O)OCc2ccccc2O1)[C@@]1(F)O[C@@H](n2cc(Cl)c(=O)[nH]c2=O)[C@H](O)[C@@H]1O. The number of phosphoric acid groups is 1. The van der Waals surface area contributed by atoms with Crippen LogP contribution in [0.15, 0.2) is 40.1 Å². The Labute approximate surface area is 175 Å². The molecule has 0 saturated carbocycles. The molecular formula is C16H15ClFN2O9P. The molecule has 1 saturated heterocycles. The molecule has 162 valence electrons. The van der Waals surface area contributed by atoms with E-state index in [2.05, 4.69) is 4.52 Å². The van der Waals surface area contributed by atoms with E-state index in [1.807, 2.05) is 0 Å². The fourth-order valence-electron chi connectivity index (χ4n) is 2.82. The highest BCUT2D eigenvalue weighted by molar-refractivity contribution is 7.49. The first kappa shape index (κ1) is 18.7. The minimum Gasteiger partial charge on any atom is -0.404 e. The van der Waals surface area contributed by atoms with Gasteiger partial charge in [0.1, 0.15) is 29.5 Å². The minimum atomic E-state index is -4.75. The topological polar surface area (TPSA) is 149 Å². The molecule has 1 unspecified atom stereocenters. The number of aromatic nitrogens is 2. The van der Waals surface area contributed by atoms with Gasteiger partial charge in [-0.1, -0.05) is 29.8 Å². The second-order valence-electron chi connectivity index (χ2n) is 6.35. The normalized spacial score (nSPS) is 34.6. The third-order valence-electron chi connectivity index (χ3n) is 4.34. The predicted molar refractivity (Wildman–Crippen MR) is 97.7 cm³/mol. The molecule has 0 spiro atoms. The molecule has 4 rings (SSSR count). The first-order valence-electron chi connectivity index (χ1n) is 9.33. The van der Waals surface area contributed by atoms with E-state index in [4.69, 9.17) is 28.1 Å². The van der Waals surface area contributed by atoms with Gasteiger partial charge >= 0.3 is 13.5 Å². The van der Waals surface area contributed by atoms with Crippen molar-refractivity contribution in [3.8, 4) is 5.75 Å². The van der Waals surface area contributed by atoms with Crippen LogP contribution < -0.4 is 15.8 Å². The Morgan fingerprint density at radius 2 is 2.17 bits per heavy atom. The maximum atomic E-state index is 15.6. The molecule has 1 aromatic carbocycles. The van der Waals surface area contributed by atoms with Gasteiger partial charge in [0.25, 0.3) is 11.4 Å². The predicted octanol–water partition coefficient (Wildman–Crippen LogP) is 0.840. The van der Waals surface area contributed by atoms with E-state index in [0.29, 0.717) is 16.3 Å². The lowest BCUT2D eigenvalue weighted by Gasteiger charge is -2.28. The van der Waals surface area contributed by atoms with Crippen molar-refractivity contribution in [2.75, 3.05) is 6.56 Å². The summed E-state index contributed by atoms with van der Waals surface area (Å²) in [5.74, 6) is -3.81. The second-order valence-corrected chi connectivity index (χ2v) is 8.27. The zero-order chi connectivity index (χ0) is 23.5. The van der Waals surface area contributed by atoms with Crippen LogP contribution in [0.25, 0.3) is 0 Å². The van der Waals surface area contributed by atoms with Crippen molar-refractivity contribution >= 4 is 19.4 Å². The third kappa shape index (κ3) is 3.71. The van der Waals surface area contributed by atoms with Gasteiger partial charge in [-0.2, -0.15) is 0 Å². The van der Waals surface area contributed by atoms with Crippen molar-refractivity contribution in [3.05, 3.63) is 61.9 Å². The van der Waals surface area contributed by atoms with Gasteiger partial charge < -0.3 is 19.5 Å². The summed E-state index contributed by atoms with van der Waals surface area (Å²) in [5.41, 5.74) is -1.69. The first-order valence-corrected chi connectivity index (χ1v) is 10.2. The van der Waals surface area contributed by atoms with Crippen LogP contribution in [0.3, 0.4) is 0 Å². The Kier molecular flexibility index (Phi) is 4.72. The molecule has 1 aromatic heterocycles. The summed E-state index contributed by atoms with van der Waals surface area (Å²) in [6.07, 6.45) is -6.19. The number of rotatable bonds is 4. The van der Waals surface area contributed by atoms with E-state index < -0.39 is 54.9 Å². The van der Waals surface area contributed by atoms with Gasteiger partial charge in [0.15, 0.2) is 6.23 Å². The van der Waals surface area contributed by atoms with Gasteiger partial charge in [-0.25, -0.2) is 13.8 Å². The number of H-pyrrole nitrogens is 1. The molecule has 0 aliphatic carbocycles. The number of nitrogens with zero attached hydrogens (tertiary/aromatic N) is 1. The van der Waals surface area contributed by atoms with Crippen molar-refractivity contribution < 1.29 is 40.2 Å². The smallest absolute Gasteiger partial charge is 0.404 e. The number of benzene rings is 1. The van der Waals surface area contributed by atoms with Crippen LogP contribution in [0.1, 0.15) is 14.5 Å². The lowest BCUT2D eigenvalue weighted by molar-refractivity contribution is -0.205. The maximum absolute atomic E-state index is 15.6. The van der Waals surface area contributed by atoms with Crippen molar-refractivity contribution in [1.82, 2.24) is 9.55 Å².